The van der Waals surface area contributed by atoms with Crippen LogP contribution in [0.1, 0.15) is 17.3 Å². The van der Waals surface area contributed by atoms with Crippen LogP contribution in [0.25, 0.3) is 11.0 Å². The third-order valence-electron chi connectivity index (χ3n) is 4.10. The van der Waals surface area contributed by atoms with Gasteiger partial charge in [0.25, 0.3) is 5.91 Å². The van der Waals surface area contributed by atoms with Gasteiger partial charge in [-0.2, -0.15) is 0 Å². The largest absolute Gasteiger partial charge is 0.352 e. The van der Waals surface area contributed by atoms with Gasteiger partial charge >= 0.3 is 5.69 Å². The minimum absolute atomic E-state index is 0.106. The van der Waals surface area contributed by atoms with E-state index in [2.05, 4.69) is 10.6 Å². The van der Waals surface area contributed by atoms with E-state index in [1.54, 1.807) is 37.4 Å². The first-order valence-corrected chi connectivity index (χ1v) is 8.33. The van der Waals surface area contributed by atoms with Gasteiger partial charge in [-0.15, -0.1) is 0 Å². The summed E-state index contributed by atoms with van der Waals surface area (Å²) in [5.41, 5.74) is 2.19. The summed E-state index contributed by atoms with van der Waals surface area (Å²) in [4.78, 5) is 36.7. The molecule has 0 saturated carbocycles. The van der Waals surface area contributed by atoms with Gasteiger partial charge in [-0.1, -0.05) is 18.2 Å². The molecule has 134 valence electrons. The Morgan fingerprint density at radius 3 is 2.50 bits per heavy atom. The van der Waals surface area contributed by atoms with Gasteiger partial charge in [-0.3, -0.25) is 18.7 Å². The van der Waals surface area contributed by atoms with Crippen molar-refractivity contribution in [2.75, 3.05) is 11.9 Å². The standard InChI is InChI=1S/C19H20N4O3/c1-3-20-18(25)13-7-6-8-14(11-13)21-17(24)12-23-16-10-5-4-9-15(16)22(2)19(23)26/h4-11H,3,12H2,1-2H3,(H,20,25)(H,21,24). The summed E-state index contributed by atoms with van der Waals surface area (Å²) in [6.07, 6.45) is 0. The third kappa shape index (κ3) is 3.37. The molecule has 0 spiro atoms. The number of imidazole rings is 1. The predicted molar refractivity (Wildman–Crippen MR) is 100 cm³/mol. The molecule has 1 heterocycles. The van der Waals surface area contributed by atoms with Crippen molar-refractivity contribution >= 4 is 28.5 Å². The first kappa shape index (κ1) is 17.5. The Morgan fingerprint density at radius 1 is 1.04 bits per heavy atom. The lowest BCUT2D eigenvalue weighted by Gasteiger charge is -2.08. The van der Waals surface area contributed by atoms with Gasteiger partial charge in [0.05, 0.1) is 11.0 Å². The molecule has 7 nitrogen and oxygen atoms in total. The molecule has 2 aromatic carbocycles. The van der Waals surface area contributed by atoms with Crippen LogP contribution in [0.5, 0.6) is 0 Å². The highest BCUT2D eigenvalue weighted by atomic mass is 16.2. The van der Waals surface area contributed by atoms with E-state index in [-0.39, 0.29) is 24.0 Å². The molecule has 0 radical (unpaired) electrons. The molecule has 3 aromatic rings. The lowest BCUT2D eigenvalue weighted by Crippen LogP contribution is -2.28. The van der Waals surface area contributed by atoms with Crippen LogP contribution in [0.3, 0.4) is 0 Å². The average molecular weight is 352 g/mol. The Morgan fingerprint density at radius 2 is 1.77 bits per heavy atom. The zero-order chi connectivity index (χ0) is 18.7. The van der Waals surface area contributed by atoms with Gasteiger partial charge in [0.15, 0.2) is 0 Å². The van der Waals surface area contributed by atoms with E-state index in [0.29, 0.717) is 23.3 Å². The maximum atomic E-state index is 12.4. The van der Waals surface area contributed by atoms with Crippen LogP contribution < -0.4 is 16.3 Å². The number of aromatic nitrogens is 2. The lowest BCUT2D eigenvalue weighted by molar-refractivity contribution is -0.116. The number of nitrogens with zero attached hydrogens (tertiary/aromatic N) is 2. The number of nitrogens with one attached hydrogen (secondary N) is 2. The summed E-state index contributed by atoms with van der Waals surface area (Å²) < 4.78 is 2.94. The number of rotatable bonds is 5. The second-order valence-corrected chi connectivity index (χ2v) is 5.90. The average Bonchev–Trinajstić information content (AvgIpc) is 2.87. The van der Waals surface area contributed by atoms with Gasteiger partial charge in [0, 0.05) is 24.8 Å². The molecule has 0 aliphatic heterocycles. The lowest BCUT2D eigenvalue weighted by atomic mass is 10.2. The van der Waals surface area contributed by atoms with Crippen molar-refractivity contribution in [1.29, 1.82) is 0 Å². The monoisotopic (exact) mass is 352 g/mol. The normalized spacial score (nSPS) is 10.7. The van der Waals surface area contributed by atoms with Gasteiger partial charge in [0.1, 0.15) is 6.54 Å². The van der Waals surface area contributed by atoms with Crippen molar-refractivity contribution in [3.8, 4) is 0 Å². The number of hydrogen-bond donors (Lipinski definition) is 2. The van der Waals surface area contributed by atoms with Crippen LogP contribution >= 0.6 is 0 Å². The smallest absolute Gasteiger partial charge is 0.329 e. The molecule has 0 unspecified atom stereocenters. The van der Waals surface area contributed by atoms with Crippen LogP contribution in [-0.2, 0) is 18.4 Å². The molecule has 0 fully saturated rings. The molecular weight excluding hydrogens is 332 g/mol. The summed E-state index contributed by atoms with van der Waals surface area (Å²) >= 11 is 0. The Balaban J connectivity index is 1.80. The van der Waals surface area contributed by atoms with E-state index >= 15 is 0 Å². The van der Waals surface area contributed by atoms with Crippen LogP contribution in [0, 0.1) is 0 Å². The van der Waals surface area contributed by atoms with Crippen LogP contribution in [0.2, 0.25) is 0 Å². The number of benzene rings is 2. The fraction of sp³-hybridized carbons (Fsp3) is 0.211. The third-order valence-corrected chi connectivity index (χ3v) is 4.10. The molecule has 7 heteroatoms. The van der Waals surface area contributed by atoms with E-state index in [9.17, 15) is 14.4 Å². The summed E-state index contributed by atoms with van der Waals surface area (Å²) in [6.45, 7) is 2.26. The van der Waals surface area contributed by atoms with Crippen molar-refractivity contribution in [2.45, 2.75) is 13.5 Å². The van der Waals surface area contributed by atoms with Crippen molar-refractivity contribution in [2.24, 2.45) is 7.05 Å². The Labute approximate surface area is 150 Å². The number of amides is 2. The van der Waals surface area contributed by atoms with Crippen LogP contribution in [0.15, 0.2) is 53.3 Å². The first-order valence-electron chi connectivity index (χ1n) is 8.33. The fourth-order valence-electron chi connectivity index (χ4n) is 2.86. The number of fused-ring (bicyclic) bond motifs is 1. The molecule has 26 heavy (non-hydrogen) atoms. The van der Waals surface area contributed by atoms with E-state index in [1.165, 1.54) is 9.13 Å². The summed E-state index contributed by atoms with van der Waals surface area (Å²) in [7, 11) is 1.68. The molecule has 0 atom stereocenters. The number of para-hydroxylation sites is 2. The summed E-state index contributed by atoms with van der Waals surface area (Å²) in [6, 6.07) is 14.0. The molecule has 2 N–H and O–H groups in total. The van der Waals surface area contributed by atoms with Crippen molar-refractivity contribution < 1.29 is 9.59 Å². The molecule has 2 amide bonds. The number of hydrogen-bond acceptors (Lipinski definition) is 3. The van der Waals surface area contributed by atoms with Crippen molar-refractivity contribution in [1.82, 2.24) is 14.5 Å². The maximum Gasteiger partial charge on any atom is 0.329 e. The molecule has 0 bridgehead atoms. The van der Waals surface area contributed by atoms with Crippen LogP contribution in [0.4, 0.5) is 5.69 Å². The van der Waals surface area contributed by atoms with E-state index < -0.39 is 0 Å². The fourth-order valence-corrected chi connectivity index (χ4v) is 2.86. The quantitative estimate of drug-likeness (QED) is 0.733. The Bertz CT molecular complexity index is 1030. The highest BCUT2D eigenvalue weighted by molar-refractivity contribution is 5.97. The van der Waals surface area contributed by atoms with Crippen molar-refractivity contribution in [3.63, 3.8) is 0 Å². The zero-order valence-electron chi connectivity index (χ0n) is 14.7. The molecule has 0 aliphatic rings. The highest BCUT2D eigenvalue weighted by Crippen LogP contribution is 2.13. The first-order chi connectivity index (χ1) is 12.5. The molecule has 0 saturated heterocycles. The number of aryl methyl sites for hydroxylation is 1. The zero-order valence-corrected chi connectivity index (χ0v) is 14.7. The topological polar surface area (TPSA) is 85.1 Å². The van der Waals surface area contributed by atoms with Crippen LogP contribution in [-0.4, -0.2) is 27.5 Å². The predicted octanol–water partition coefficient (Wildman–Crippen LogP) is 1.73. The van der Waals surface area contributed by atoms with Gasteiger partial charge in [-0.25, -0.2) is 4.79 Å². The van der Waals surface area contributed by atoms with Gasteiger partial charge in [0.2, 0.25) is 5.91 Å². The van der Waals surface area contributed by atoms with E-state index in [0.717, 1.165) is 5.52 Å². The minimum atomic E-state index is -0.337. The van der Waals surface area contributed by atoms with E-state index in [4.69, 9.17) is 0 Å². The maximum absolute atomic E-state index is 12.4. The van der Waals surface area contributed by atoms with Crippen molar-refractivity contribution in [3.05, 3.63) is 64.6 Å². The number of anilines is 1. The molecular formula is C19H20N4O3. The Kier molecular flexibility index (Phi) is 4.88. The number of carbonyl (C=O) groups excluding carboxylic acids is 2. The second-order valence-electron chi connectivity index (χ2n) is 5.90. The molecule has 3 rings (SSSR count). The molecule has 1 aromatic heterocycles. The number of carbonyl (C=O) groups is 2. The second kappa shape index (κ2) is 7.26. The Hall–Kier alpha value is -3.35. The summed E-state index contributed by atoms with van der Waals surface area (Å²) in [5, 5.41) is 5.45. The highest BCUT2D eigenvalue weighted by Gasteiger charge is 2.14. The summed E-state index contributed by atoms with van der Waals surface area (Å²) in [5.74, 6) is -0.537. The van der Waals surface area contributed by atoms with Gasteiger partial charge in [-0.05, 0) is 37.3 Å². The minimum Gasteiger partial charge on any atom is -0.352 e. The van der Waals surface area contributed by atoms with E-state index in [1.807, 2.05) is 25.1 Å². The van der Waals surface area contributed by atoms with Gasteiger partial charge < -0.3 is 10.6 Å². The SMILES string of the molecule is CCNC(=O)c1cccc(NC(=O)Cn2c(=O)n(C)c3ccccc32)c1. The molecule has 0 aliphatic carbocycles.